The summed E-state index contributed by atoms with van der Waals surface area (Å²) in [6, 6.07) is 19.2. The Bertz CT molecular complexity index is 494. The molecule has 0 heterocycles. The molecular weight excluding hydrogens is 204 g/mol. The molecule has 2 aromatic rings. The monoisotopic (exact) mass is 222 g/mol. The minimum Gasteiger partial charge on any atom is -0.0907 e. The van der Waals surface area contributed by atoms with Gasteiger partial charge in [-0.2, -0.15) is 0 Å². The van der Waals surface area contributed by atoms with Crippen LogP contribution in [0.25, 0.3) is 0 Å². The third-order valence-corrected chi connectivity index (χ3v) is 3.07. The summed E-state index contributed by atoms with van der Waals surface area (Å²) in [6.07, 6.45) is 4.39. The molecule has 86 valence electrons. The van der Waals surface area contributed by atoms with Crippen LogP contribution >= 0.6 is 0 Å². The van der Waals surface area contributed by atoms with E-state index in [2.05, 4.69) is 80.6 Å². The number of hydrogen-bond donors (Lipinski definition) is 0. The summed E-state index contributed by atoms with van der Waals surface area (Å²) < 4.78 is 0. The summed E-state index contributed by atoms with van der Waals surface area (Å²) in [4.78, 5) is 0. The molecule has 0 aromatic heterocycles. The molecule has 0 aliphatic heterocycles. The van der Waals surface area contributed by atoms with E-state index < -0.39 is 0 Å². The molecule has 0 aliphatic carbocycles. The Morgan fingerprint density at radius 3 is 2.18 bits per heavy atom. The molecule has 2 aromatic carbocycles. The van der Waals surface area contributed by atoms with Crippen molar-refractivity contribution in [2.75, 3.05) is 0 Å². The van der Waals surface area contributed by atoms with Crippen molar-refractivity contribution in [1.29, 1.82) is 0 Å². The summed E-state index contributed by atoms with van der Waals surface area (Å²) in [5.41, 5.74) is 4.08. The first-order valence-corrected chi connectivity index (χ1v) is 6.06. The van der Waals surface area contributed by atoms with E-state index in [1.54, 1.807) is 0 Å². The number of benzene rings is 2. The van der Waals surface area contributed by atoms with Crippen molar-refractivity contribution in [1.82, 2.24) is 0 Å². The molecule has 0 N–H and O–H groups in total. The largest absolute Gasteiger partial charge is 0.0907 e. The predicted octanol–water partition coefficient (Wildman–Crippen LogP) is 4.70. The highest BCUT2D eigenvalue weighted by molar-refractivity contribution is 5.40. The maximum Gasteiger partial charge on any atom is 0.0272 e. The summed E-state index contributed by atoms with van der Waals surface area (Å²) in [6.45, 7) is 4.25. The van der Waals surface area contributed by atoms with Crippen molar-refractivity contribution in [2.24, 2.45) is 0 Å². The molecule has 0 saturated heterocycles. The van der Waals surface area contributed by atoms with Crippen molar-refractivity contribution in [3.05, 3.63) is 83.4 Å². The fourth-order valence-electron chi connectivity index (χ4n) is 2.18. The fourth-order valence-corrected chi connectivity index (χ4v) is 2.18. The van der Waals surface area contributed by atoms with Crippen molar-refractivity contribution in [3.63, 3.8) is 0 Å². The van der Waals surface area contributed by atoms with Crippen molar-refractivity contribution >= 4 is 0 Å². The lowest BCUT2D eigenvalue weighted by Crippen LogP contribution is -1.99. The van der Waals surface area contributed by atoms with Crippen LogP contribution in [0.4, 0.5) is 0 Å². The summed E-state index contributed by atoms with van der Waals surface area (Å²) in [7, 11) is 0. The van der Waals surface area contributed by atoms with Gasteiger partial charge in [0.05, 0.1) is 0 Å². The average molecular weight is 222 g/mol. The Morgan fingerprint density at radius 1 is 0.882 bits per heavy atom. The van der Waals surface area contributed by atoms with Crippen LogP contribution in [-0.4, -0.2) is 0 Å². The quantitative estimate of drug-likeness (QED) is 0.660. The van der Waals surface area contributed by atoms with Crippen LogP contribution < -0.4 is 0 Å². The highest BCUT2D eigenvalue weighted by atomic mass is 14.2. The van der Waals surface area contributed by atoms with Gasteiger partial charge in [0, 0.05) is 5.92 Å². The smallest absolute Gasteiger partial charge is 0.0272 e. The van der Waals surface area contributed by atoms with E-state index >= 15 is 0 Å². The van der Waals surface area contributed by atoms with E-state index in [1.165, 1.54) is 16.7 Å². The molecule has 0 amide bonds. The van der Waals surface area contributed by atoms with Crippen LogP contribution in [0, 0.1) is 6.92 Å². The lowest BCUT2D eigenvalue weighted by atomic mass is 9.88. The molecule has 0 radical (unpaired) electrons. The molecule has 0 fully saturated rings. The van der Waals surface area contributed by atoms with Gasteiger partial charge >= 0.3 is 0 Å². The lowest BCUT2D eigenvalue weighted by molar-refractivity contribution is 1.00. The van der Waals surface area contributed by atoms with Crippen LogP contribution in [0.2, 0.25) is 0 Å². The summed E-state index contributed by atoms with van der Waals surface area (Å²) in [5.74, 6) is 0.363. The second-order valence-corrected chi connectivity index (χ2v) is 4.27. The fraction of sp³-hybridized carbons (Fsp3) is 0.176. The zero-order valence-electron chi connectivity index (χ0n) is 10.4. The standard InChI is InChI=1S/C17H18/c1-3-9-17(15-11-5-4-6-12-15)16-13-8-7-10-14(16)2/h3-13,17H,1-2H3/b9-3+. The van der Waals surface area contributed by atoms with Crippen molar-refractivity contribution < 1.29 is 0 Å². The Morgan fingerprint density at radius 2 is 1.53 bits per heavy atom. The Labute approximate surface area is 104 Å². The van der Waals surface area contributed by atoms with Crippen LogP contribution in [0.3, 0.4) is 0 Å². The first-order valence-electron chi connectivity index (χ1n) is 6.06. The topological polar surface area (TPSA) is 0 Å². The summed E-state index contributed by atoms with van der Waals surface area (Å²) in [5, 5.41) is 0. The first-order chi connectivity index (χ1) is 8.33. The van der Waals surface area contributed by atoms with Gasteiger partial charge in [0.1, 0.15) is 0 Å². The third-order valence-electron chi connectivity index (χ3n) is 3.07. The van der Waals surface area contributed by atoms with E-state index in [0.717, 1.165) is 0 Å². The Balaban J connectivity index is 2.47. The molecule has 17 heavy (non-hydrogen) atoms. The van der Waals surface area contributed by atoms with E-state index in [4.69, 9.17) is 0 Å². The van der Waals surface area contributed by atoms with E-state index in [0.29, 0.717) is 5.92 Å². The summed E-state index contributed by atoms with van der Waals surface area (Å²) >= 11 is 0. The van der Waals surface area contributed by atoms with Gasteiger partial charge in [-0.25, -0.2) is 0 Å². The van der Waals surface area contributed by atoms with Gasteiger partial charge in [0.25, 0.3) is 0 Å². The minimum atomic E-state index is 0.363. The van der Waals surface area contributed by atoms with Crippen LogP contribution in [0.1, 0.15) is 29.5 Å². The Hall–Kier alpha value is -1.82. The molecule has 2 rings (SSSR count). The second-order valence-electron chi connectivity index (χ2n) is 4.27. The average Bonchev–Trinajstić information content (AvgIpc) is 2.38. The predicted molar refractivity (Wildman–Crippen MR) is 74.3 cm³/mol. The number of aryl methyl sites for hydroxylation is 1. The van der Waals surface area contributed by atoms with Gasteiger partial charge in [-0.3, -0.25) is 0 Å². The van der Waals surface area contributed by atoms with Gasteiger partial charge in [-0.05, 0) is 30.5 Å². The first kappa shape index (κ1) is 11.7. The lowest BCUT2D eigenvalue weighted by Gasteiger charge is -2.16. The Kier molecular flexibility index (Phi) is 3.77. The van der Waals surface area contributed by atoms with Gasteiger partial charge < -0.3 is 0 Å². The molecule has 0 heteroatoms. The number of hydrogen-bond acceptors (Lipinski definition) is 0. The maximum absolute atomic E-state index is 2.26. The molecule has 0 aliphatic rings. The van der Waals surface area contributed by atoms with Crippen LogP contribution in [0.5, 0.6) is 0 Å². The van der Waals surface area contributed by atoms with Gasteiger partial charge in [0.15, 0.2) is 0 Å². The molecule has 0 saturated carbocycles. The van der Waals surface area contributed by atoms with Gasteiger partial charge in [-0.15, -0.1) is 0 Å². The number of rotatable bonds is 3. The molecule has 0 spiro atoms. The molecular formula is C17H18. The second kappa shape index (κ2) is 5.49. The van der Waals surface area contributed by atoms with Crippen molar-refractivity contribution in [3.8, 4) is 0 Å². The minimum absolute atomic E-state index is 0.363. The molecule has 1 atom stereocenters. The van der Waals surface area contributed by atoms with Crippen molar-refractivity contribution in [2.45, 2.75) is 19.8 Å². The normalized spacial score (nSPS) is 12.8. The molecule has 1 unspecified atom stereocenters. The zero-order chi connectivity index (χ0) is 12.1. The van der Waals surface area contributed by atoms with E-state index in [1.807, 2.05) is 0 Å². The highest BCUT2D eigenvalue weighted by Gasteiger charge is 2.11. The third kappa shape index (κ3) is 2.65. The van der Waals surface area contributed by atoms with Crippen LogP contribution in [-0.2, 0) is 0 Å². The zero-order valence-corrected chi connectivity index (χ0v) is 10.4. The maximum atomic E-state index is 2.26. The number of allylic oxidation sites excluding steroid dienone is 2. The van der Waals surface area contributed by atoms with Crippen LogP contribution in [0.15, 0.2) is 66.7 Å². The van der Waals surface area contributed by atoms with E-state index in [-0.39, 0.29) is 0 Å². The van der Waals surface area contributed by atoms with Gasteiger partial charge in [-0.1, -0.05) is 66.7 Å². The molecule has 0 nitrogen and oxygen atoms in total. The SMILES string of the molecule is C/C=C/C(c1ccccc1)c1ccccc1C. The van der Waals surface area contributed by atoms with Gasteiger partial charge in [0.2, 0.25) is 0 Å². The molecule has 0 bridgehead atoms. The highest BCUT2D eigenvalue weighted by Crippen LogP contribution is 2.28. The van der Waals surface area contributed by atoms with E-state index in [9.17, 15) is 0 Å².